The number of ether oxygens (including phenoxy) is 1. The number of carbonyl (C=O) groups is 2. The molecule has 8 nitrogen and oxygen atoms in total. The van der Waals surface area contributed by atoms with Gasteiger partial charge in [-0.3, -0.25) is 9.59 Å². The van der Waals surface area contributed by atoms with Gasteiger partial charge >= 0.3 is 0 Å². The molecule has 0 N–H and O–H groups in total. The molecule has 1 fully saturated rings. The smallest absolute Gasteiger partial charge is 0.249 e. The molecule has 0 radical (unpaired) electrons. The number of anilines is 1. The Kier molecular flexibility index (Phi) is 6.90. The maximum Gasteiger partial charge on any atom is 0.249 e. The second-order valence-corrected chi connectivity index (χ2v) is 6.88. The van der Waals surface area contributed by atoms with E-state index in [1.807, 2.05) is 30.0 Å². The average Bonchev–Trinajstić information content (AvgIpc) is 2.61. The molecule has 1 aliphatic heterocycles. The number of nitrogens with zero attached hydrogens (tertiary/aromatic N) is 5. The van der Waals surface area contributed by atoms with E-state index >= 15 is 0 Å². The van der Waals surface area contributed by atoms with Crippen molar-refractivity contribution in [2.24, 2.45) is 0 Å². The first-order valence-electron chi connectivity index (χ1n) is 8.88. The molecule has 0 saturated carbocycles. The molecule has 2 rings (SSSR count). The van der Waals surface area contributed by atoms with Crippen LogP contribution >= 0.6 is 0 Å². The van der Waals surface area contributed by atoms with Gasteiger partial charge in [0, 0.05) is 47.8 Å². The van der Waals surface area contributed by atoms with E-state index in [1.54, 1.807) is 11.9 Å². The summed E-state index contributed by atoms with van der Waals surface area (Å²) in [4.78, 5) is 38.7. The molecule has 0 unspecified atom stereocenters. The largest absolute Gasteiger partial charge is 0.375 e. The van der Waals surface area contributed by atoms with E-state index in [1.165, 1.54) is 14.0 Å². The SMILES string of the molecule is COCC(=O)N1CCCC[C@@H]1c1nc(CN(C)C(C)=O)cc(N(C)C)n1. The standard InChI is InChI=1S/C18H29N5O3/c1-13(24)22(4)11-14-10-16(21(2)3)20-18(19-14)15-8-6-7-9-23(15)17(25)12-26-5/h10,15H,6-9,11-12H2,1-5H3/t15-/m1/s1. The maximum atomic E-state index is 12.4. The fraction of sp³-hybridized carbons (Fsp3) is 0.667. The van der Waals surface area contributed by atoms with Crippen LogP contribution in [0.5, 0.6) is 0 Å². The highest BCUT2D eigenvalue weighted by Crippen LogP contribution is 2.30. The van der Waals surface area contributed by atoms with Crippen molar-refractivity contribution in [3.63, 3.8) is 0 Å². The van der Waals surface area contributed by atoms with Crippen molar-refractivity contribution in [1.82, 2.24) is 19.8 Å². The molecule has 144 valence electrons. The number of methoxy groups -OCH3 is 1. The number of hydrogen-bond donors (Lipinski definition) is 0. The molecule has 0 aliphatic carbocycles. The molecule has 2 amide bonds. The highest BCUT2D eigenvalue weighted by atomic mass is 16.5. The van der Waals surface area contributed by atoms with Gasteiger partial charge in [-0.2, -0.15) is 0 Å². The van der Waals surface area contributed by atoms with Crippen molar-refractivity contribution in [3.8, 4) is 0 Å². The van der Waals surface area contributed by atoms with Crippen molar-refractivity contribution >= 4 is 17.6 Å². The molecule has 0 bridgehead atoms. The maximum absolute atomic E-state index is 12.4. The molecular formula is C18H29N5O3. The zero-order valence-electron chi connectivity index (χ0n) is 16.4. The highest BCUT2D eigenvalue weighted by Gasteiger charge is 2.30. The van der Waals surface area contributed by atoms with Crippen LogP contribution in [0.1, 0.15) is 43.7 Å². The number of aromatic nitrogens is 2. The summed E-state index contributed by atoms with van der Waals surface area (Å²) >= 11 is 0. The van der Waals surface area contributed by atoms with Gasteiger partial charge in [-0.05, 0) is 19.3 Å². The van der Waals surface area contributed by atoms with Gasteiger partial charge in [0.15, 0.2) is 5.82 Å². The minimum atomic E-state index is -0.160. The van der Waals surface area contributed by atoms with Gasteiger partial charge in [-0.1, -0.05) is 0 Å². The van der Waals surface area contributed by atoms with Crippen LogP contribution in [0.15, 0.2) is 6.07 Å². The lowest BCUT2D eigenvalue weighted by Gasteiger charge is -2.35. The van der Waals surface area contributed by atoms with E-state index in [9.17, 15) is 9.59 Å². The van der Waals surface area contributed by atoms with E-state index in [2.05, 4.69) is 9.97 Å². The third-order valence-corrected chi connectivity index (χ3v) is 4.57. The second kappa shape index (κ2) is 8.93. The van der Waals surface area contributed by atoms with E-state index in [0.717, 1.165) is 30.8 Å². The zero-order chi connectivity index (χ0) is 19.3. The molecular weight excluding hydrogens is 334 g/mol. The number of hydrogen-bond acceptors (Lipinski definition) is 6. The van der Waals surface area contributed by atoms with Crippen LogP contribution in [-0.4, -0.2) is 73.0 Å². The predicted molar refractivity (Wildman–Crippen MR) is 98.7 cm³/mol. The summed E-state index contributed by atoms with van der Waals surface area (Å²) in [6.45, 7) is 2.68. The van der Waals surface area contributed by atoms with Gasteiger partial charge in [0.05, 0.1) is 18.3 Å². The number of rotatable bonds is 6. The Morgan fingerprint density at radius 1 is 1.27 bits per heavy atom. The molecule has 2 heterocycles. The van der Waals surface area contributed by atoms with E-state index in [0.29, 0.717) is 18.9 Å². The number of likely N-dealkylation sites (tertiary alicyclic amines) is 1. The Labute approximate surface area is 155 Å². The first-order valence-corrected chi connectivity index (χ1v) is 8.88. The Morgan fingerprint density at radius 2 is 2.00 bits per heavy atom. The van der Waals surface area contributed by atoms with Crippen LogP contribution in [0.4, 0.5) is 5.82 Å². The summed E-state index contributed by atoms with van der Waals surface area (Å²) in [5, 5.41) is 0. The number of piperidine rings is 1. The summed E-state index contributed by atoms with van der Waals surface area (Å²) in [5.41, 5.74) is 0.765. The molecule has 0 aromatic carbocycles. The van der Waals surface area contributed by atoms with Crippen LogP contribution < -0.4 is 4.90 Å². The van der Waals surface area contributed by atoms with E-state index in [-0.39, 0.29) is 24.5 Å². The molecule has 1 atom stereocenters. The number of carbonyl (C=O) groups excluding carboxylic acids is 2. The topological polar surface area (TPSA) is 78.9 Å². The lowest BCUT2D eigenvalue weighted by molar-refractivity contribution is -0.139. The summed E-state index contributed by atoms with van der Waals surface area (Å²) in [6, 6.07) is 1.72. The van der Waals surface area contributed by atoms with Crippen molar-refractivity contribution < 1.29 is 14.3 Å². The Hall–Kier alpha value is -2.22. The lowest BCUT2D eigenvalue weighted by atomic mass is 10.0. The Morgan fingerprint density at radius 3 is 2.62 bits per heavy atom. The quantitative estimate of drug-likeness (QED) is 0.756. The first kappa shape index (κ1) is 20.1. The molecule has 1 aromatic rings. The van der Waals surface area contributed by atoms with Crippen LogP contribution in [0.3, 0.4) is 0 Å². The molecule has 1 aromatic heterocycles. The first-order chi connectivity index (χ1) is 12.3. The summed E-state index contributed by atoms with van der Waals surface area (Å²) in [7, 11) is 7.10. The fourth-order valence-electron chi connectivity index (χ4n) is 3.02. The van der Waals surface area contributed by atoms with Crippen molar-refractivity contribution in [2.75, 3.05) is 46.3 Å². The van der Waals surface area contributed by atoms with E-state index < -0.39 is 0 Å². The minimum absolute atomic E-state index is 0.0221. The van der Waals surface area contributed by atoms with Gasteiger partial charge in [0.2, 0.25) is 11.8 Å². The van der Waals surface area contributed by atoms with Crippen LogP contribution in [0, 0.1) is 0 Å². The van der Waals surface area contributed by atoms with Crippen LogP contribution in [-0.2, 0) is 20.9 Å². The predicted octanol–water partition coefficient (Wildman–Crippen LogP) is 1.22. The molecule has 1 aliphatic rings. The summed E-state index contributed by atoms with van der Waals surface area (Å²) in [6.07, 6.45) is 2.83. The van der Waals surface area contributed by atoms with Gasteiger partial charge in [-0.25, -0.2) is 9.97 Å². The van der Waals surface area contributed by atoms with E-state index in [4.69, 9.17) is 4.74 Å². The normalized spacial score (nSPS) is 17.1. The summed E-state index contributed by atoms with van der Waals surface area (Å²) in [5.74, 6) is 1.34. The highest BCUT2D eigenvalue weighted by molar-refractivity contribution is 5.78. The average molecular weight is 363 g/mol. The van der Waals surface area contributed by atoms with Crippen LogP contribution in [0.2, 0.25) is 0 Å². The van der Waals surface area contributed by atoms with Crippen molar-refractivity contribution in [1.29, 1.82) is 0 Å². The fourth-order valence-corrected chi connectivity index (χ4v) is 3.02. The molecule has 0 spiro atoms. The van der Waals surface area contributed by atoms with Gasteiger partial charge < -0.3 is 19.4 Å². The Bertz CT molecular complexity index is 650. The monoisotopic (exact) mass is 363 g/mol. The van der Waals surface area contributed by atoms with Crippen molar-refractivity contribution in [2.45, 2.75) is 38.8 Å². The third kappa shape index (κ3) is 4.91. The minimum Gasteiger partial charge on any atom is -0.375 e. The Balaban J connectivity index is 2.37. The van der Waals surface area contributed by atoms with Gasteiger partial charge in [0.1, 0.15) is 12.4 Å². The van der Waals surface area contributed by atoms with Gasteiger partial charge in [0.25, 0.3) is 0 Å². The van der Waals surface area contributed by atoms with Crippen molar-refractivity contribution in [3.05, 3.63) is 17.6 Å². The number of amides is 2. The zero-order valence-corrected chi connectivity index (χ0v) is 16.4. The second-order valence-electron chi connectivity index (χ2n) is 6.88. The molecule has 8 heteroatoms. The third-order valence-electron chi connectivity index (χ3n) is 4.57. The van der Waals surface area contributed by atoms with Crippen LogP contribution in [0.25, 0.3) is 0 Å². The summed E-state index contributed by atoms with van der Waals surface area (Å²) < 4.78 is 5.02. The lowest BCUT2D eigenvalue weighted by Crippen LogP contribution is -2.41. The molecule has 1 saturated heterocycles. The molecule has 26 heavy (non-hydrogen) atoms. The van der Waals surface area contributed by atoms with Gasteiger partial charge in [-0.15, -0.1) is 0 Å².